The third-order valence-corrected chi connectivity index (χ3v) is 8.81. The normalized spacial score (nSPS) is 17.4. The molecular weight excluding hydrogens is 453 g/mol. The van der Waals surface area contributed by atoms with Gasteiger partial charge in [-0.3, -0.25) is 0 Å². The zero-order valence-electron chi connectivity index (χ0n) is 19.5. The molecular formula is C27H30FNO4S. The Kier molecular flexibility index (Phi) is 7.24. The van der Waals surface area contributed by atoms with E-state index in [1.807, 2.05) is 6.07 Å². The van der Waals surface area contributed by atoms with Crippen LogP contribution in [0.4, 0.5) is 4.39 Å². The van der Waals surface area contributed by atoms with E-state index < -0.39 is 20.4 Å². The molecule has 0 radical (unpaired) electrons. The second kappa shape index (κ2) is 10.2. The van der Waals surface area contributed by atoms with Crippen molar-refractivity contribution in [3.8, 4) is 11.5 Å². The van der Waals surface area contributed by atoms with Gasteiger partial charge in [-0.2, -0.15) is 0 Å². The van der Waals surface area contributed by atoms with Crippen molar-refractivity contribution in [2.45, 2.75) is 29.9 Å². The number of hydrogen-bond donors (Lipinski definition) is 0. The fourth-order valence-electron chi connectivity index (χ4n) is 4.46. The second-order valence-electron chi connectivity index (χ2n) is 8.33. The van der Waals surface area contributed by atoms with E-state index in [9.17, 15) is 12.8 Å². The van der Waals surface area contributed by atoms with Gasteiger partial charge >= 0.3 is 0 Å². The van der Waals surface area contributed by atoms with Crippen molar-refractivity contribution >= 4 is 9.84 Å². The average molecular weight is 484 g/mol. The van der Waals surface area contributed by atoms with Gasteiger partial charge in [-0.05, 0) is 67.5 Å². The molecule has 0 saturated heterocycles. The first-order valence-electron chi connectivity index (χ1n) is 11.6. The number of benzene rings is 3. The minimum absolute atomic E-state index is 0.123. The quantitative estimate of drug-likeness (QED) is 0.378. The fraction of sp³-hybridized carbons (Fsp3) is 0.333. The summed E-state index contributed by atoms with van der Waals surface area (Å²) in [5.74, 6) is 0.483. The van der Waals surface area contributed by atoms with Crippen molar-refractivity contribution in [3.05, 3.63) is 89.7 Å². The van der Waals surface area contributed by atoms with Gasteiger partial charge in [0.25, 0.3) is 0 Å². The Hall–Kier alpha value is -2.90. The Balaban J connectivity index is 1.63. The van der Waals surface area contributed by atoms with Crippen LogP contribution in [0.15, 0.2) is 77.7 Å². The molecule has 0 aromatic heterocycles. The highest BCUT2D eigenvalue weighted by atomic mass is 32.2. The highest BCUT2D eigenvalue weighted by Gasteiger charge is 2.53. The lowest BCUT2D eigenvalue weighted by molar-refractivity contribution is 0.249. The summed E-state index contributed by atoms with van der Waals surface area (Å²) in [5, 5.41) is 0. The molecule has 0 N–H and O–H groups in total. The monoisotopic (exact) mass is 483 g/mol. The van der Waals surface area contributed by atoms with Crippen molar-refractivity contribution in [2.24, 2.45) is 0 Å². The number of sulfone groups is 1. The van der Waals surface area contributed by atoms with Crippen LogP contribution in [0.2, 0.25) is 0 Å². The molecule has 0 fully saturated rings. The van der Waals surface area contributed by atoms with E-state index in [1.165, 1.54) is 18.2 Å². The molecule has 3 aromatic carbocycles. The topological polar surface area (TPSA) is 55.8 Å². The largest absolute Gasteiger partial charge is 0.494 e. The molecule has 3 aromatic rings. The first-order chi connectivity index (χ1) is 16.4. The van der Waals surface area contributed by atoms with Crippen molar-refractivity contribution in [2.75, 3.05) is 32.8 Å². The molecule has 0 saturated carbocycles. The van der Waals surface area contributed by atoms with Crippen LogP contribution in [0.5, 0.6) is 11.5 Å². The van der Waals surface area contributed by atoms with Crippen LogP contribution in [0, 0.1) is 5.82 Å². The van der Waals surface area contributed by atoms with Crippen LogP contribution in [0.3, 0.4) is 0 Å². The van der Waals surface area contributed by atoms with E-state index in [0.717, 1.165) is 26.1 Å². The summed E-state index contributed by atoms with van der Waals surface area (Å²) in [4.78, 5) is 2.46. The number of nitrogens with zero attached hydrogens (tertiary/aromatic N) is 1. The van der Waals surface area contributed by atoms with Crippen LogP contribution >= 0.6 is 0 Å². The van der Waals surface area contributed by atoms with Crippen LogP contribution in [-0.4, -0.2) is 46.2 Å². The minimum Gasteiger partial charge on any atom is -0.494 e. The van der Waals surface area contributed by atoms with Gasteiger partial charge in [-0.25, -0.2) is 12.8 Å². The summed E-state index contributed by atoms with van der Waals surface area (Å²) < 4.78 is 52.5. The number of hydrogen-bond acceptors (Lipinski definition) is 5. The van der Waals surface area contributed by atoms with Gasteiger partial charge in [0.15, 0.2) is 14.6 Å². The predicted molar refractivity (Wildman–Crippen MR) is 131 cm³/mol. The zero-order valence-corrected chi connectivity index (χ0v) is 20.4. The van der Waals surface area contributed by atoms with Crippen molar-refractivity contribution in [3.63, 3.8) is 0 Å². The van der Waals surface area contributed by atoms with Crippen molar-refractivity contribution < 1.29 is 22.3 Å². The number of halogens is 1. The third-order valence-electron chi connectivity index (χ3n) is 6.42. The Morgan fingerprint density at radius 2 is 1.71 bits per heavy atom. The summed E-state index contributed by atoms with van der Waals surface area (Å²) in [7, 11) is -4.00. The summed E-state index contributed by atoms with van der Waals surface area (Å²) in [5.41, 5.74) is 0.853. The first kappa shape index (κ1) is 24.2. The Morgan fingerprint density at radius 1 is 1.00 bits per heavy atom. The van der Waals surface area contributed by atoms with Gasteiger partial charge in [0.05, 0.1) is 11.5 Å². The third kappa shape index (κ3) is 4.42. The summed E-state index contributed by atoms with van der Waals surface area (Å²) in [6, 6.07) is 19.3. The van der Waals surface area contributed by atoms with Crippen LogP contribution < -0.4 is 9.47 Å². The number of fused-ring (bicyclic) bond motifs is 1. The summed E-state index contributed by atoms with van der Waals surface area (Å²) >= 11 is 0. The average Bonchev–Trinajstić information content (AvgIpc) is 3.25. The maximum absolute atomic E-state index is 14.2. The molecule has 180 valence electrons. The molecule has 1 heterocycles. The molecule has 1 aliphatic rings. The van der Waals surface area contributed by atoms with E-state index in [4.69, 9.17) is 9.47 Å². The van der Waals surface area contributed by atoms with E-state index in [-0.39, 0.29) is 11.5 Å². The second-order valence-corrected chi connectivity index (χ2v) is 10.5. The molecule has 1 aliphatic heterocycles. The predicted octanol–water partition coefficient (Wildman–Crippen LogP) is 5.05. The highest BCUT2D eigenvalue weighted by Crippen LogP contribution is 2.49. The van der Waals surface area contributed by atoms with Crippen molar-refractivity contribution in [1.29, 1.82) is 0 Å². The van der Waals surface area contributed by atoms with Crippen LogP contribution in [0.25, 0.3) is 0 Å². The molecule has 34 heavy (non-hydrogen) atoms. The molecule has 0 spiro atoms. The van der Waals surface area contributed by atoms with Gasteiger partial charge < -0.3 is 14.4 Å². The van der Waals surface area contributed by atoms with Crippen molar-refractivity contribution in [1.82, 2.24) is 4.90 Å². The summed E-state index contributed by atoms with van der Waals surface area (Å²) in [6.45, 7) is 7.65. The van der Waals surface area contributed by atoms with Crippen LogP contribution in [0.1, 0.15) is 31.4 Å². The molecule has 1 atom stereocenters. The molecule has 5 nitrogen and oxygen atoms in total. The summed E-state index contributed by atoms with van der Waals surface area (Å²) in [6.07, 6.45) is 0.887. The van der Waals surface area contributed by atoms with Gasteiger partial charge in [0.1, 0.15) is 23.9 Å². The Bertz CT molecular complexity index is 1210. The fourth-order valence-corrected chi connectivity index (χ4v) is 6.46. The van der Waals surface area contributed by atoms with E-state index in [0.29, 0.717) is 29.2 Å². The molecule has 4 rings (SSSR count). The van der Waals surface area contributed by atoms with Gasteiger partial charge in [0.2, 0.25) is 0 Å². The molecule has 7 heteroatoms. The lowest BCUT2D eigenvalue weighted by atomic mass is 9.92. The van der Waals surface area contributed by atoms with E-state index >= 15 is 0 Å². The van der Waals surface area contributed by atoms with E-state index in [2.05, 4.69) is 18.7 Å². The first-order valence-corrected chi connectivity index (χ1v) is 13.1. The molecule has 1 unspecified atom stereocenters. The number of rotatable bonds is 10. The SMILES string of the molecule is CCN(CC)CCCOc1ccc(S(=O)(=O)C2(c3ccccc3)COc3ccc(F)cc32)cc1. The number of ether oxygens (including phenoxy) is 2. The molecule has 0 bridgehead atoms. The maximum atomic E-state index is 14.2. The molecule has 0 aliphatic carbocycles. The zero-order chi connectivity index (χ0) is 24.2. The Labute approximate surface area is 201 Å². The molecule has 0 amide bonds. The van der Waals surface area contributed by atoms with E-state index in [1.54, 1.807) is 48.5 Å². The van der Waals surface area contributed by atoms with Gasteiger partial charge in [-0.15, -0.1) is 0 Å². The Morgan fingerprint density at radius 3 is 2.38 bits per heavy atom. The lowest BCUT2D eigenvalue weighted by Crippen LogP contribution is -2.39. The smallest absolute Gasteiger partial charge is 0.195 e. The standard InChI is InChI=1S/C27H30FNO4S/c1-3-29(4-2)17-8-18-32-23-12-14-24(15-13-23)34(30,31)27(21-9-6-5-7-10-21)20-33-26-16-11-22(28)19-25(26)27/h5-7,9-16,19H,3-4,8,17-18,20H2,1-2H3. The highest BCUT2D eigenvalue weighted by molar-refractivity contribution is 7.92. The maximum Gasteiger partial charge on any atom is 0.195 e. The lowest BCUT2D eigenvalue weighted by Gasteiger charge is -2.28. The minimum atomic E-state index is -4.00. The van der Waals surface area contributed by atoms with Crippen LogP contribution in [-0.2, 0) is 14.6 Å². The van der Waals surface area contributed by atoms with Gasteiger partial charge in [-0.1, -0.05) is 44.2 Å². The van der Waals surface area contributed by atoms with Gasteiger partial charge in [0, 0.05) is 12.1 Å².